The molecule has 1 aromatic carbocycles. The number of aromatic nitrogens is 2. The first kappa shape index (κ1) is 26.7. The minimum Gasteiger partial charge on any atom is -0.480 e. The van der Waals surface area contributed by atoms with Gasteiger partial charge in [0.15, 0.2) is 5.95 Å². The van der Waals surface area contributed by atoms with Crippen molar-refractivity contribution in [2.24, 2.45) is 5.16 Å². The van der Waals surface area contributed by atoms with Crippen LogP contribution in [-0.4, -0.2) is 66.3 Å². The highest BCUT2D eigenvalue weighted by Gasteiger charge is 2.32. The zero-order valence-corrected chi connectivity index (χ0v) is 20.7. The number of carbonyl (C=O) groups is 2. The summed E-state index contributed by atoms with van der Waals surface area (Å²) in [6.45, 7) is 0.195. The van der Waals surface area contributed by atoms with Crippen LogP contribution in [-0.2, 0) is 24.4 Å². The van der Waals surface area contributed by atoms with Crippen molar-refractivity contribution in [2.75, 3.05) is 18.4 Å². The Hall–Kier alpha value is -2.87. The molecule has 0 bridgehead atoms. The summed E-state index contributed by atoms with van der Waals surface area (Å²) in [7, 11) is -4.38. The average Bonchev–Trinajstić information content (AvgIpc) is 3.48. The number of carboxylic acid groups (broad SMARTS) is 1. The second-order valence-corrected chi connectivity index (χ2v) is 10.1. The molecule has 1 amide bonds. The van der Waals surface area contributed by atoms with E-state index in [4.69, 9.17) is 28.0 Å². The minimum atomic E-state index is -4.38. The number of unbranched alkanes of at least 4 members (excludes halogenated alkanes) is 1. The summed E-state index contributed by atoms with van der Waals surface area (Å²) < 4.78 is 27.3. The van der Waals surface area contributed by atoms with E-state index in [2.05, 4.69) is 25.8 Å². The van der Waals surface area contributed by atoms with Gasteiger partial charge in [-0.05, 0) is 31.4 Å². The molecule has 1 aliphatic rings. The number of hydrogen-bond donors (Lipinski definition) is 5. The molecule has 12 nitrogen and oxygen atoms in total. The van der Waals surface area contributed by atoms with E-state index < -0.39 is 45.5 Å². The predicted molar refractivity (Wildman–Crippen MR) is 129 cm³/mol. The first-order valence-electron chi connectivity index (χ1n) is 10.6. The maximum Gasteiger partial charge on any atom is 0.323 e. The first-order valence-corrected chi connectivity index (χ1v) is 12.8. The third-order valence-electron chi connectivity index (χ3n) is 4.97. The number of carbonyl (C=O) groups excluding carboxylic acids is 1. The summed E-state index contributed by atoms with van der Waals surface area (Å²) in [5.41, 5.74) is 0.715. The number of oxime groups is 1. The van der Waals surface area contributed by atoms with Gasteiger partial charge in [0.1, 0.15) is 10.9 Å². The summed E-state index contributed by atoms with van der Waals surface area (Å²) in [6, 6.07) is 2.41. The number of anilines is 1. The fourth-order valence-corrected chi connectivity index (χ4v) is 5.55. The zero-order chi connectivity index (χ0) is 25.4. The van der Waals surface area contributed by atoms with Gasteiger partial charge in [0.25, 0.3) is 5.91 Å². The smallest absolute Gasteiger partial charge is 0.323 e. The van der Waals surface area contributed by atoms with E-state index in [1.165, 1.54) is 18.2 Å². The van der Waals surface area contributed by atoms with Crippen LogP contribution in [0.2, 0.25) is 10.0 Å². The van der Waals surface area contributed by atoms with Gasteiger partial charge in [0, 0.05) is 31.9 Å². The molecule has 0 radical (unpaired) electrons. The molecule has 190 valence electrons. The number of rotatable bonds is 13. The number of amides is 1. The molecule has 2 heterocycles. The number of carboxylic acids is 1. The number of imidazole rings is 1. The lowest BCUT2D eigenvalue weighted by Crippen LogP contribution is -2.50. The van der Waals surface area contributed by atoms with Crippen molar-refractivity contribution >= 4 is 56.8 Å². The molecule has 1 aromatic heterocycles. The Kier molecular flexibility index (Phi) is 9.32. The zero-order valence-electron chi connectivity index (χ0n) is 18.3. The van der Waals surface area contributed by atoms with E-state index in [0.29, 0.717) is 18.1 Å². The largest absolute Gasteiger partial charge is 0.480 e. The number of nitrogens with one attached hydrogen (secondary N) is 4. The maximum atomic E-state index is 12.6. The van der Waals surface area contributed by atoms with Crippen LogP contribution in [0.4, 0.5) is 5.95 Å². The van der Waals surface area contributed by atoms with Crippen molar-refractivity contribution in [2.45, 2.75) is 42.7 Å². The van der Waals surface area contributed by atoms with Crippen molar-refractivity contribution in [1.29, 1.82) is 0 Å². The number of H-pyrrole nitrogens is 1. The number of halogens is 2. The Labute approximate surface area is 211 Å². The van der Waals surface area contributed by atoms with Gasteiger partial charge in [-0.1, -0.05) is 34.4 Å². The van der Waals surface area contributed by atoms with Crippen molar-refractivity contribution < 1.29 is 28.0 Å². The molecule has 1 aliphatic heterocycles. The highest BCUT2D eigenvalue weighted by Crippen LogP contribution is 2.28. The molecular weight excluding hydrogens is 523 g/mol. The van der Waals surface area contributed by atoms with Crippen molar-refractivity contribution in [3.05, 3.63) is 40.6 Å². The highest BCUT2D eigenvalue weighted by molar-refractivity contribution is 7.89. The Morgan fingerprint density at radius 1 is 1.26 bits per heavy atom. The van der Waals surface area contributed by atoms with E-state index in [1.54, 1.807) is 12.4 Å². The van der Waals surface area contributed by atoms with Crippen molar-refractivity contribution in [3.8, 4) is 0 Å². The summed E-state index contributed by atoms with van der Waals surface area (Å²) in [4.78, 5) is 35.7. The normalized spacial score (nSPS) is 16.3. The fourth-order valence-electron chi connectivity index (χ4n) is 3.22. The van der Waals surface area contributed by atoms with Gasteiger partial charge in [0.05, 0.1) is 15.8 Å². The number of nitrogens with zero attached hydrogens (tertiary/aromatic N) is 2. The van der Waals surface area contributed by atoms with Gasteiger partial charge in [-0.15, -0.1) is 0 Å². The van der Waals surface area contributed by atoms with Gasteiger partial charge < -0.3 is 25.6 Å². The first-order chi connectivity index (χ1) is 16.7. The third kappa shape index (κ3) is 7.56. The lowest BCUT2D eigenvalue weighted by Gasteiger charge is -2.17. The van der Waals surface area contributed by atoms with E-state index >= 15 is 0 Å². The molecular formula is C20H24Cl2N6O6S. The topological polar surface area (TPSA) is 175 Å². The molecule has 0 saturated heterocycles. The molecule has 0 fully saturated rings. The third-order valence-corrected chi connectivity index (χ3v) is 7.40. The molecule has 2 unspecified atom stereocenters. The van der Waals surface area contributed by atoms with Crippen LogP contribution in [0.25, 0.3) is 0 Å². The molecule has 0 spiro atoms. The number of aromatic amines is 1. The van der Waals surface area contributed by atoms with Crippen LogP contribution >= 0.6 is 23.2 Å². The van der Waals surface area contributed by atoms with E-state index in [0.717, 1.165) is 19.4 Å². The number of benzene rings is 1. The Morgan fingerprint density at radius 2 is 2.00 bits per heavy atom. The van der Waals surface area contributed by atoms with Crippen LogP contribution in [0.5, 0.6) is 0 Å². The van der Waals surface area contributed by atoms with E-state index in [9.17, 15) is 23.1 Å². The number of hydrogen-bond acceptors (Lipinski definition) is 8. The summed E-state index contributed by atoms with van der Waals surface area (Å²) in [5.74, 6) is -1.41. The van der Waals surface area contributed by atoms with Crippen molar-refractivity contribution in [3.63, 3.8) is 0 Å². The molecule has 5 N–H and O–H groups in total. The van der Waals surface area contributed by atoms with Crippen LogP contribution in [0.15, 0.2) is 40.6 Å². The summed E-state index contributed by atoms with van der Waals surface area (Å²) in [5, 5.41) is 18.5. The van der Waals surface area contributed by atoms with Gasteiger partial charge in [-0.2, -0.15) is 4.72 Å². The predicted octanol–water partition coefficient (Wildman–Crippen LogP) is 1.99. The fraction of sp³-hybridized carbons (Fsp3) is 0.400. The van der Waals surface area contributed by atoms with E-state index in [1.807, 2.05) is 4.72 Å². The highest BCUT2D eigenvalue weighted by atomic mass is 35.5. The molecule has 15 heteroatoms. The molecule has 2 atom stereocenters. The monoisotopic (exact) mass is 546 g/mol. The van der Waals surface area contributed by atoms with Gasteiger partial charge >= 0.3 is 5.97 Å². The van der Waals surface area contributed by atoms with Gasteiger partial charge in [-0.25, -0.2) is 13.4 Å². The number of aliphatic carboxylic acids is 1. The SMILES string of the molecule is O=C(O)C(CNC(=O)C1CC(CCCCNc2ncc[nH]2)=NO1)NS(=O)(=O)c1c(Cl)cccc1Cl. The quantitative estimate of drug-likeness (QED) is 0.237. The molecule has 35 heavy (non-hydrogen) atoms. The Bertz CT molecular complexity index is 1150. The lowest BCUT2D eigenvalue weighted by molar-refractivity contribution is -0.139. The summed E-state index contributed by atoms with van der Waals surface area (Å²) in [6.07, 6.45) is 5.02. The van der Waals surface area contributed by atoms with Crippen molar-refractivity contribution in [1.82, 2.24) is 20.0 Å². The Balaban J connectivity index is 1.44. The Morgan fingerprint density at radius 3 is 2.66 bits per heavy atom. The average molecular weight is 547 g/mol. The lowest BCUT2D eigenvalue weighted by atomic mass is 10.1. The van der Waals surface area contributed by atoms with Crippen LogP contribution in [0.3, 0.4) is 0 Å². The summed E-state index contributed by atoms with van der Waals surface area (Å²) >= 11 is 11.8. The van der Waals surface area contributed by atoms with Crippen LogP contribution in [0, 0.1) is 0 Å². The second-order valence-electron chi connectivity index (χ2n) is 7.59. The molecule has 0 saturated carbocycles. The van der Waals surface area contributed by atoms with Gasteiger partial charge in [-0.3, -0.25) is 9.59 Å². The second kappa shape index (κ2) is 12.2. The minimum absolute atomic E-state index is 0.168. The molecule has 0 aliphatic carbocycles. The number of sulfonamides is 1. The maximum absolute atomic E-state index is 12.6. The molecule has 3 rings (SSSR count). The standard InChI is InChI=1S/C20H24Cl2N6O6S/c21-13-5-3-6-14(22)17(13)35(32,33)28-15(19(30)31)11-26-18(29)16-10-12(27-34-16)4-1-2-7-23-20-24-8-9-25-20/h3,5-6,8-9,15-16,28H,1-2,4,7,10-11H2,(H,26,29)(H,30,31)(H2,23,24,25). The molecule has 2 aromatic rings. The van der Waals surface area contributed by atoms with Crippen LogP contribution in [0.1, 0.15) is 25.7 Å². The van der Waals surface area contributed by atoms with E-state index in [-0.39, 0.29) is 16.5 Å². The van der Waals surface area contributed by atoms with Crippen LogP contribution < -0.4 is 15.4 Å². The van der Waals surface area contributed by atoms with Gasteiger partial charge in [0.2, 0.25) is 16.1 Å².